The third-order valence-electron chi connectivity index (χ3n) is 2.40. The van der Waals surface area contributed by atoms with E-state index in [0.29, 0.717) is 19.1 Å². The van der Waals surface area contributed by atoms with Crippen molar-refractivity contribution >= 4 is 5.82 Å². The van der Waals surface area contributed by atoms with E-state index in [2.05, 4.69) is 24.1 Å². The van der Waals surface area contributed by atoms with Gasteiger partial charge in [0.2, 0.25) is 5.88 Å². The first-order valence-electron chi connectivity index (χ1n) is 6.78. The number of nitrogens with zero attached hydrogens (tertiary/aromatic N) is 1. The number of hydrogen-bond acceptors (Lipinski definition) is 4. The van der Waals surface area contributed by atoms with E-state index >= 15 is 0 Å². The molecule has 0 aliphatic rings. The van der Waals surface area contributed by atoms with Crippen molar-refractivity contribution in [1.29, 1.82) is 0 Å². The molecule has 1 rings (SSSR count). The van der Waals surface area contributed by atoms with E-state index in [1.807, 2.05) is 18.2 Å². The van der Waals surface area contributed by atoms with Crippen molar-refractivity contribution in [3.63, 3.8) is 0 Å². The first-order chi connectivity index (χ1) is 8.86. The third kappa shape index (κ3) is 6.45. The number of unbranched alkanes of at least 4 members (excludes halogenated alkanes) is 1. The molecule has 0 saturated carbocycles. The van der Waals surface area contributed by atoms with Crippen molar-refractivity contribution in [3.8, 4) is 5.88 Å². The first-order valence-corrected chi connectivity index (χ1v) is 6.78. The number of rotatable bonds is 10. The summed E-state index contributed by atoms with van der Waals surface area (Å²) in [6, 6.07) is 5.75. The largest absolute Gasteiger partial charge is 0.475 e. The normalized spacial score (nSPS) is 10.3. The number of pyridine rings is 1. The minimum atomic E-state index is 0.550. The molecule has 0 bridgehead atoms. The molecule has 0 unspecified atom stereocenters. The second-order valence-electron chi connectivity index (χ2n) is 4.10. The summed E-state index contributed by atoms with van der Waals surface area (Å²) in [7, 11) is 0. The highest BCUT2D eigenvalue weighted by atomic mass is 16.5. The van der Waals surface area contributed by atoms with Crippen LogP contribution < -0.4 is 10.1 Å². The Morgan fingerprint density at radius 2 is 2.00 bits per heavy atom. The van der Waals surface area contributed by atoms with Crippen molar-refractivity contribution < 1.29 is 9.47 Å². The van der Waals surface area contributed by atoms with Gasteiger partial charge in [0, 0.05) is 19.2 Å². The standard InChI is InChI=1S/C14H24N2O2/c1-3-5-10-17-11-12-18-14-8-6-7-13(16-14)15-9-4-2/h6-8H,3-5,9-12H2,1-2H3,(H,15,16). The molecule has 0 amide bonds. The fraction of sp³-hybridized carbons (Fsp3) is 0.643. The quantitative estimate of drug-likeness (QED) is 0.650. The van der Waals surface area contributed by atoms with E-state index in [1.54, 1.807) is 0 Å². The number of aromatic nitrogens is 1. The monoisotopic (exact) mass is 252 g/mol. The van der Waals surface area contributed by atoms with Crippen LogP contribution >= 0.6 is 0 Å². The zero-order valence-electron chi connectivity index (χ0n) is 11.4. The molecule has 4 heteroatoms. The SMILES string of the molecule is CCCCOCCOc1cccc(NCCC)n1. The average Bonchev–Trinajstić information content (AvgIpc) is 2.41. The maximum absolute atomic E-state index is 5.53. The Kier molecular flexibility index (Phi) is 7.97. The molecule has 1 aromatic rings. The summed E-state index contributed by atoms with van der Waals surface area (Å²) in [6.07, 6.45) is 3.35. The van der Waals surface area contributed by atoms with Crippen molar-refractivity contribution in [2.45, 2.75) is 33.1 Å². The van der Waals surface area contributed by atoms with Gasteiger partial charge in [0.25, 0.3) is 0 Å². The van der Waals surface area contributed by atoms with Gasteiger partial charge in [0.05, 0.1) is 6.61 Å². The van der Waals surface area contributed by atoms with Crippen LogP contribution in [0.1, 0.15) is 33.1 Å². The zero-order chi connectivity index (χ0) is 13.1. The molecule has 4 nitrogen and oxygen atoms in total. The van der Waals surface area contributed by atoms with E-state index in [-0.39, 0.29) is 0 Å². The molecule has 0 saturated heterocycles. The number of nitrogens with one attached hydrogen (secondary N) is 1. The Bertz CT molecular complexity index is 318. The number of ether oxygens (including phenoxy) is 2. The van der Waals surface area contributed by atoms with E-state index in [9.17, 15) is 0 Å². The predicted molar refractivity (Wildman–Crippen MR) is 74.2 cm³/mol. The second kappa shape index (κ2) is 9.71. The van der Waals surface area contributed by atoms with Crippen LogP contribution in [0, 0.1) is 0 Å². The van der Waals surface area contributed by atoms with E-state index in [1.165, 1.54) is 0 Å². The molecule has 0 aliphatic heterocycles. The average molecular weight is 252 g/mol. The highest BCUT2D eigenvalue weighted by Crippen LogP contribution is 2.11. The maximum Gasteiger partial charge on any atom is 0.215 e. The summed E-state index contributed by atoms with van der Waals surface area (Å²) in [5.74, 6) is 1.51. The van der Waals surface area contributed by atoms with E-state index in [0.717, 1.165) is 38.2 Å². The lowest BCUT2D eigenvalue weighted by Gasteiger charge is -2.08. The summed E-state index contributed by atoms with van der Waals surface area (Å²) in [5, 5.41) is 3.23. The van der Waals surface area contributed by atoms with Gasteiger partial charge in [-0.2, -0.15) is 4.98 Å². The summed E-state index contributed by atoms with van der Waals surface area (Å²) in [5.41, 5.74) is 0. The van der Waals surface area contributed by atoms with Gasteiger partial charge in [0.1, 0.15) is 12.4 Å². The summed E-state index contributed by atoms with van der Waals surface area (Å²) in [4.78, 5) is 4.36. The van der Waals surface area contributed by atoms with Crippen LogP contribution in [0.2, 0.25) is 0 Å². The lowest BCUT2D eigenvalue weighted by Crippen LogP contribution is -2.09. The molecule has 1 heterocycles. The molecular weight excluding hydrogens is 228 g/mol. The molecule has 1 N–H and O–H groups in total. The molecule has 0 atom stereocenters. The third-order valence-corrected chi connectivity index (χ3v) is 2.40. The van der Waals surface area contributed by atoms with Crippen molar-refractivity contribution in [3.05, 3.63) is 18.2 Å². The van der Waals surface area contributed by atoms with Gasteiger partial charge < -0.3 is 14.8 Å². The topological polar surface area (TPSA) is 43.4 Å². The predicted octanol–water partition coefficient (Wildman–Crippen LogP) is 3.10. The fourth-order valence-electron chi connectivity index (χ4n) is 1.40. The van der Waals surface area contributed by atoms with Crippen molar-refractivity contribution in [1.82, 2.24) is 4.98 Å². The van der Waals surface area contributed by atoms with Crippen LogP contribution in [0.3, 0.4) is 0 Å². The van der Waals surface area contributed by atoms with E-state index in [4.69, 9.17) is 9.47 Å². The van der Waals surface area contributed by atoms with Crippen molar-refractivity contribution in [2.75, 3.05) is 31.7 Å². The second-order valence-corrected chi connectivity index (χ2v) is 4.10. The van der Waals surface area contributed by atoms with Crippen molar-refractivity contribution in [2.24, 2.45) is 0 Å². The van der Waals surface area contributed by atoms with Crippen LogP contribution in [-0.4, -0.2) is 31.3 Å². The Hall–Kier alpha value is -1.29. The lowest BCUT2D eigenvalue weighted by atomic mass is 10.4. The van der Waals surface area contributed by atoms with Crippen LogP contribution in [0.5, 0.6) is 5.88 Å². The van der Waals surface area contributed by atoms with Gasteiger partial charge in [-0.05, 0) is 18.9 Å². The zero-order valence-corrected chi connectivity index (χ0v) is 11.4. The molecule has 0 radical (unpaired) electrons. The van der Waals surface area contributed by atoms with E-state index < -0.39 is 0 Å². The summed E-state index contributed by atoms with van der Waals surface area (Å²) >= 11 is 0. The molecule has 0 aromatic carbocycles. The summed E-state index contributed by atoms with van der Waals surface area (Å²) in [6.45, 7) is 7.18. The van der Waals surface area contributed by atoms with Crippen LogP contribution in [-0.2, 0) is 4.74 Å². The Morgan fingerprint density at radius 1 is 1.11 bits per heavy atom. The van der Waals surface area contributed by atoms with Gasteiger partial charge in [-0.3, -0.25) is 0 Å². The fourth-order valence-corrected chi connectivity index (χ4v) is 1.40. The Labute approximate surface area is 110 Å². The molecule has 18 heavy (non-hydrogen) atoms. The van der Waals surface area contributed by atoms with Crippen LogP contribution in [0.25, 0.3) is 0 Å². The van der Waals surface area contributed by atoms with Crippen LogP contribution in [0.15, 0.2) is 18.2 Å². The molecule has 0 aliphatic carbocycles. The van der Waals surface area contributed by atoms with Gasteiger partial charge in [0.15, 0.2) is 0 Å². The van der Waals surface area contributed by atoms with Gasteiger partial charge >= 0.3 is 0 Å². The number of anilines is 1. The highest BCUT2D eigenvalue weighted by Gasteiger charge is 1.98. The molecular formula is C14H24N2O2. The highest BCUT2D eigenvalue weighted by molar-refractivity contribution is 5.36. The molecule has 102 valence electrons. The Balaban J connectivity index is 2.20. The summed E-state index contributed by atoms with van der Waals surface area (Å²) < 4.78 is 11.0. The van der Waals surface area contributed by atoms with Gasteiger partial charge in [-0.15, -0.1) is 0 Å². The van der Waals surface area contributed by atoms with Gasteiger partial charge in [-0.25, -0.2) is 0 Å². The first kappa shape index (κ1) is 14.8. The minimum Gasteiger partial charge on any atom is -0.475 e. The number of hydrogen-bond donors (Lipinski definition) is 1. The van der Waals surface area contributed by atoms with Crippen LogP contribution in [0.4, 0.5) is 5.82 Å². The maximum atomic E-state index is 5.53. The molecule has 0 spiro atoms. The van der Waals surface area contributed by atoms with Gasteiger partial charge in [-0.1, -0.05) is 26.3 Å². The lowest BCUT2D eigenvalue weighted by molar-refractivity contribution is 0.0966. The molecule has 0 fully saturated rings. The Morgan fingerprint density at radius 3 is 2.78 bits per heavy atom. The minimum absolute atomic E-state index is 0.550. The molecule has 1 aromatic heterocycles. The smallest absolute Gasteiger partial charge is 0.215 e.